The average molecular weight is 431 g/mol. The Labute approximate surface area is 185 Å². The minimum Gasteiger partial charge on any atom is -0.496 e. The summed E-state index contributed by atoms with van der Waals surface area (Å²) in [6.45, 7) is 1.86. The third-order valence-corrected chi connectivity index (χ3v) is 5.73. The van der Waals surface area contributed by atoms with Gasteiger partial charge >= 0.3 is 0 Å². The van der Waals surface area contributed by atoms with Crippen LogP contribution >= 0.6 is 11.8 Å². The lowest BCUT2D eigenvalue weighted by molar-refractivity contribution is -0.115. The van der Waals surface area contributed by atoms with Crippen LogP contribution in [-0.4, -0.2) is 33.0 Å². The van der Waals surface area contributed by atoms with Crippen molar-refractivity contribution in [3.8, 4) is 22.8 Å². The van der Waals surface area contributed by atoms with E-state index in [1.165, 1.54) is 11.8 Å². The highest BCUT2D eigenvalue weighted by molar-refractivity contribution is 8.00. The number of para-hydroxylation sites is 3. The first-order valence-corrected chi connectivity index (χ1v) is 10.7. The maximum atomic E-state index is 12.7. The largest absolute Gasteiger partial charge is 0.496 e. The topological polar surface area (TPSA) is 69.0 Å². The number of hydrogen-bond acceptors (Lipinski definition) is 5. The van der Waals surface area contributed by atoms with Gasteiger partial charge in [-0.05, 0) is 43.3 Å². The molecule has 0 fully saturated rings. The zero-order valence-electron chi connectivity index (χ0n) is 17.2. The molecule has 0 saturated carbocycles. The van der Waals surface area contributed by atoms with Crippen molar-refractivity contribution >= 4 is 23.4 Å². The lowest BCUT2D eigenvalue weighted by atomic mass is 10.2. The number of nitrogens with zero attached hydrogens (tertiary/aromatic N) is 3. The smallest absolute Gasteiger partial charge is 0.237 e. The summed E-state index contributed by atoms with van der Waals surface area (Å²) in [7, 11) is 1.63. The Hall–Kier alpha value is -3.58. The van der Waals surface area contributed by atoms with Crippen LogP contribution in [0.15, 0.2) is 90.1 Å². The number of aromatic nitrogens is 3. The highest BCUT2D eigenvalue weighted by Gasteiger charge is 2.23. The van der Waals surface area contributed by atoms with Gasteiger partial charge in [-0.3, -0.25) is 9.36 Å². The van der Waals surface area contributed by atoms with Crippen LogP contribution in [0.5, 0.6) is 5.75 Å². The summed E-state index contributed by atoms with van der Waals surface area (Å²) >= 11 is 1.36. The molecule has 1 amide bonds. The first kappa shape index (κ1) is 20.7. The van der Waals surface area contributed by atoms with Crippen LogP contribution in [0.4, 0.5) is 5.69 Å². The number of carbonyl (C=O) groups excluding carboxylic acids is 1. The predicted octanol–water partition coefficient (Wildman–Crippen LogP) is 5.06. The molecule has 0 spiro atoms. The first-order chi connectivity index (χ1) is 15.2. The van der Waals surface area contributed by atoms with E-state index in [2.05, 4.69) is 15.5 Å². The quantitative estimate of drug-likeness (QED) is 0.415. The zero-order valence-corrected chi connectivity index (χ0v) is 18.0. The molecular weight excluding hydrogens is 408 g/mol. The van der Waals surface area contributed by atoms with E-state index >= 15 is 0 Å². The van der Waals surface area contributed by atoms with Crippen molar-refractivity contribution in [2.75, 3.05) is 12.4 Å². The Balaban J connectivity index is 1.68. The molecule has 0 bridgehead atoms. The van der Waals surface area contributed by atoms with Gasteiger partial charge in [0.15, 0.2) is 11.0 Å². The number of methoxy groups -OCH3 is 1. The third kappa shape index (κ3) is 4.62. The molecule has 1 atom stereocenters. The first-order valence-electron chi connectivity index (χ1n) is 9.84. The summed E-state index contributed by atoms with van der Waals surface area (Å²) < 4.78 is 7.49. The van der Waals surface area contributed by atoms with Gasteiger partial charge in [-0.15, -0.1) is 10.2 Å². The standard InChI is InChI=1S/C24H22N4O2S/c1-17(23(29)25-18-11-5-3-6-12-18)31-24-27-26-22(20-15-9-10-16-21(20)30-2)28(24)19-13-7-4-8-14-19/h3-17H,1-2H3,(H,25,29). The Bertz CT molecular complexity index is 1160. The molecular formula is C24H22N4O2S. The molecule has 0 aliphatic rings. The van der Waals surface area contributed by atoms with Gasteiger partial charge < -0.3 is 10.1 Å². The summed E-state index contributed by atoms with van der Waals surface area (Å²) in [5.41, 5.74) is 2.50. The summed E-state index contributed by atoms with van der Waals surface area (Å²) in [5.74, 6) is 1.26. The van der Waals surface area contributed by atoms with E-state index in [1.807, 2.05) is 96.4 Å². The third-order valence-electron chi connectivity index (χ3n) is 4.69. The molecule has 0 aliphatic heterocycles. The van der Waals surface area contributed by atoms with Gasteiger partial charge in [0.1, 0.15) is 5.75 Å². The molecule has 4 aromatic rings. The van der Waals surface area contributed by atoms with Crippen molar-refractivity contribution in [1.29, 1.82) is 0 Å². The molecule has 1 aromatic heterocycles. The number of amides is 1. The number of anilines is 1. The molecule has 3 aromatic carbocycles. The molecule has 1 heterocycles. The highest BCUT2D eigenvalue weighted by Crippen LogP contribution is 2.34. The minimum absolute atomic E-state index is 0.0994. The Morgan fingerprint density at radius 1 is 0.935 bits per heavy atom. The van der Waals surface area contributed by atoms with Crippen molar-refractivity contribution in [3.63, 3.8) is 0 Å². The van der Waals surface area contributed by atoms with Crippen molar-refractivity contribution in [3.05, 3.63) is 84.9 Å². The fraction of sp³-hybridized carbons (Fsp3) is 0.125. The van der Waals surface area contributed by atoms with E-state index in [9.17, 15) is 4.79 Å². The fourth-order valence-corrected chi connectivity index (χ4v) is 4.00. The van der Waals surface area contributed by atoms with Gasteiger partial charge in [-0.2, -0.15) is 0 Å². The van der Waals surface area contributed by atoms with Crippen LogP contribution in [0.2, 0.25) is 0 Å². The van der Waals surface area contributed by atoms with Crippen molar-refractivity contribution in [1.82, 2.24) is 14.8 Å². The van der Waals surface area contributed by atoms with Gasteiger partial charge in [-0.1, -0.05) is 60.3 Å². The minimum atomic E-state index is -0.377. The number of nitrogens with one attached hydrogen (secondary N) is 1. The van der Waals surface area contributed by atoms with Crippen LogP contribution in [0.1, 0.15) is 6.92 Å². The van der Waals surface area contributed by atoms with E-state index < -0.39 is 0 Å². The van der Waals surface area contributed by atoms with Gasteiger partial charge in [0, 0.05) is 11.4 Å². The summed E-state index contributed by atoms with van der Waals surface area (Å²) in [4.78, 5) is 12.7. The van der Waals surface area contributed by atoms with E-state index in [-0.39, 0.29) is 11.2 Å². The van der Waals surface area contributed by atoms with Crippen LogP contribution in [0, 0.1) is 0 Å². The molecule has 0 saturated heterocycles. The van der Waals surface area contributed by atoms with E-state index in [1.54, 1.807) is 7.11 Å². The van der Waals surface area contributed by atoms with Gasteiger partial charge in [0.05, 0.1) is 17.9 Å². The van der Waals surface area contributed by atoms with Crippen molar-refractivity contribution in [2.24, 2.45) is 0 Å². The predicted molar refractivity (Wildman–Crippen MR) is 124 cm³/mol. The molecule has 0 radical (unpaired) electrons. The normalized spacial score (nSPS) is 11.7. The van der Waals surface area contributed by atoms with Crippen LogP contribution in [-0.2, 0) is 4.79 Å². The number of rotatable bonds is 7. The van der Waals surface area contributed by atoms with E-state index in [4.69, 9.17) is 4.74 Å². The molecule has 31 heavy (non-hydrogen) atoms. The highest BCUT2D eigenvalue weighted by atomic mass is 32.2. The Morgan fingerprint density at radius 2 is 1.58 bits per heavy atom. The fourth-order valence-electron chi connectivity index (χ4n) is 3.14. The number of hydrogen-bond donors (Lipinski definition) is 1. The molecule has 156 valence electrons. The number of carbonyl (C=O) groups is 1. The van der Waals surface area contributed by atoms with Crippen molar-refractivity contribution in [2.45, 2.75) is 17.3 Å². The maximum Gasteiger partial charge on any atom is 0.237 e. The number of thioether (sulfide) groups is 1. The number of ether oxygens (including phenoxy) is 1. The Kier molecular flexibility index (Phi) is 6.33. The molecule has 6 nitrogen and oxygen atoms in total. The molecule has 7 heteroatoms. The van der Waals surface area contributed by atoms with E-state index in [0.717, 1.165) is 16.9 Å². The molecule has 4 rings (SSSR count). The average Bonchev–Trinajstić information content (AvgIpc) is 3.23. The summed E-state index contributed by atoms with van der Waals surface area (Å²) in [6.07, 6.45) is 0. The van der Waals surface area contributed by atoms with Gasteiger partial charge in [0.25, 0.3) is 0 Å². The maximum absolute atomic E-state index is 12.7. The summed E-state index contributed by atoms with van der Waals surface area (Å²) in [5, 5.41) is 12.1. The zero-order chi connectivity index (χ0) is 21.6. The Morgan fingerprint density at radius 3 is 2.29 bits per heavy atom. The summed E-state index contributed by atoms with van der Waals surface area (Å²) in [6, 6.07) is 27.0. The molecule has 1 N–H and O–H groups in total. The monoisotopic (exact) mass is 430 g/mol. The van der Waals surface area contributed by atoms with Crippen LogP contribution < -0.4 is 10.1 Å². The second kappa shape index (κ2) is 9.49. The van der Waals surface area contributed by atoms with Gasteiger partial charge in [-0.25, -0.2) is 0 Å². The van der Waals surface area contributed by atoms with Gasteiger partial charge in [0.2, 0.25) is 5.91 Å². The van der Waals surface area contributed by atoms with Crippen LogP contribution in [0.25, 0.3) is 17.1 Å². The molecule has 1 unspecified atom stereocenters. The number of benzene rings is 3. The SMILES string of the molecule is COc1ccccc1-c1nnc(SC(C)C(=O)Nc2ccccc2)n1-c1ccccc1. The molecule has 0 aliphatic carbocycles. The van der Waals surface area contributed by atoms with Crippen molar-refractivity contribution < 1.29 is 9.53 Å². The van der Waals surface area contributed by atoms with Crippen LogP contribution in [0.3, 0.4) is 0 Å². The second-order valence-corrected chi connectivity index (χ2v) is 8.10. The second-order valence-electron chi connectivity index (χ2n) is 6.79. The van der Waals surface area contributed by atoms with E-state index in [0.29, 0.717) is 16.7 Å². The lowest BCUT2D eigenvalue weighted by Gasteiger charge is -2.15. The lowest BCUT2D eigenvalue weighted by Crippen LogP contribution is -2.22.